The Bertz CT molecular complexity index is 461. The topological polar surface area (TPSA) is 46.5 Å². The van der Waals surface area contributed by atoms with Crippen LogP contribution in [0.3, 0.4) is 0 Å². The summed E-state index contributed by atoms with van der Waals surface area (Å²) in [6, 6.07) is 6.00. The van der Waals surface area contributed by atoms with Gasteiger partial charge in [-0.05, 0) is 42.2 Å². The van der Waals surface area contributed by atoms with Gasteiger partial charge in [0, 0.05) is 5.56 Å². The summed E-state index contributed by atoms with van der Waals surface area (Å²) in [5.74, 6) is 1.16. The van der Waals surface area contributed by atoms with Crippen molar-refractivity contribution in [3.8, 4) is 5.75 Å². The van der Waals surface area contributed by atoms with Gasteiger partial charge in [0.25, 0.3) is 0 Å². The Morgan fingerprint density at radius 2 is 2.11 bits per heavy atom. The lowest BCUT2D eigenvalue weighted by atomic mass is 9.83. The molecule has 1 aromatic carbocycles. The number of aliphatic carboxylic acids is 1. The first-order valence-electron chi connectivity index (χ1n) is 6.93. The molecule has 1 aliphatic carbocycles. The van der Waals surface area contributed by atoms with Gasteiger partial charge in [0.15, 0.2) is 0 Å². The fourth-order valence-corrected chi connectivity index (χ4v) is 2.90. The predicted molar refractivity (Wildman–Crippen MR) is 74.8 cm³/mol. The molecule has 0 saturated heterocycles. The van der Waals surface area contributed by atoms with E-state index in [1.54, 1.807) is 7.11 Å². The molecule has 0 aromatic heterocycles. The standard InChI is InChI=1S/C16H22O3/c1-10(2)16-12(5-4-6-14(16)19-3)13(9-15(17)18)11-7-8-11/h4-6,10-11,13H,7-9H2,1-3H3,(H,17,18). The number of ether oxygens (including phenoxy) is 1. The average Bonchev–Trinajstić information content (AvgIpc) is 3.18. The molecule has 0 aliphatic heterocycles. The van der Waals surface area contributed by atoms with Gasteiger partial charge in [0.1, 0.15) is 5.75 Å². The van der Waals surface area contributed by atoms with Crippen LogP contribution in [0.4, 0.5) is 0 Å². The molecule has 0 heterocycles. The zero-order chi connectivity index (χ0) is 14.0. The van der Waals surface area contributed by atoms with E-state index < -0.39 is 5.97 Å². The van der Waals surface area contributed by atoms with Crippen molar-refractivity contribution in [1.82, 2.24) is 0 Å². The fraction of sp³-hybridized carbons (Fsp3) is 0.562. The Balaban J connectivity index is 2.43. The third-order valence-corrected chi connectivity index (χ3v) is 3.88. The minimum atomic E-state index is -0.713. The Morgan fingerprint density at radius 3 is 2.58 bits per heavy atom. The summed E-state index contributed by atoms with van der Waals surface area (Å²) >= 11 is 0. The number of hydrogen-bond donors (Lipinski definition) is 1. The lowest BCUT2D eigenvalue weighted by Crippen LogP contribution is -2.12. The van der Waals surface area contributed by atoms with Crippen LogP contribution in [0.15, 0.2) is 18.2 Å². The maximum atomic E-state index is 11.1. The molecule has 3 heteroatoms. The van der Waals surface area contributed by atoms with Crippen LogP contribution in [-0.2, 0) is 4.79 Å². The van der Waals surface area contributed by atoms with E-state index in [1.807, 2.05) is 12.1 Å². The quantitative estimate of drug-likeness (QED) is 0.848. The highest BCUT2D eigenvalue weighted by atomic mass is 16.5. The molecule has 1 saturated carbocycles. The van der Waals surface area contributed by atoms with Crippen molar-refractivity contribution < 1.29 is 14.6 Å². The van der Waals surface area contributed by atoms with Crippen LogP contribution in [-0.4, -0.2) is 18.2 Å². The fourth-order valence-electron chi connectivity index (χ4n) is 2.90. The first kappa shape index (κ1) is 13.9. The van der Waals surface area contributed by atoms with E-state index in [1.165, 1.54) is 11.1 Å². The van der Waals surface area contributed by atoms with Gasteiger partial charge >= 0.3 is 5.97 Å². The second kappa shape index (κ2) is 5.64. The number of hydrogen-bond acceptors (Lipinski definition) is 2. The molecular formula is C16H22O3. The SMILES string of the molecule is COc1cccc(C(CC(=O)O)C2CC2)c1C(C)C. The van der Waals surface area contributed by atoms with Crippen LogP contribution in [0.25, 0.3) is 0 Å². The van der Waals surface area contributed by atoms with Gasteiger partial charge in [-0.3, -0.25) is 4.79 Å². The van der Waals surface area contributed by atoms with Crippen molar-refractivity contribution in [2.45, 2.75) is 44.9 Å². The zero-order valence-corrected chi connectivity index (χ0v) is 11.8. The Morgan fingerprint density at radius 1 is 1.42 bits per heavy atom. The highest BCUT2D eigenvalue weighted by Crippen LogP contribution is 2.47. The monoisotopic (exact) mass is 262 g/mol. The van der Waals surface area contributed by atoms with Crippen LogP contribution in [0, 0.1) is 5.92 Å². The van der Waals surface area contributed by atoms with Gasteiger partial charge in [-0.1, -0.05) is 26.0 Å². The molecule has 0 bridgehead atoms. The number of carbonyl (C=O) groups is 1. The third kappa shape index (κ3) is 3.09. The van der Waals surface area contributed by atoms with E-state index >= 15 is 0 Å². The molecule has 3 nitrogen and oxygen atoms in total. The number of benzene rings is 1. The van der Waals surface area contributed by atoms with Crippen LogP contribution < -0.4 is 4.74 Å². The van der Waals surface area contributed by atoms with Crippen molar-refractivity contribution in [3.05, 3.63) is 29.3 Å². The molecule has 1 fully saturated rings. The smallest absolute Gasteiger partial charge is 0.303 e. The third-order valence-electron chi connectivity index (χ3n) is 3.88. The average molecular weight is 262 g/mol. The molecule has 0 spiro atoms. The molecule has 104 valence electrons. The first-order valence-corrected chi connectivity index (χ1v) is 6.93. The van der Waals surface area contributed by atoms with Gasteiger partial charge < -0.3 is 9.84 Å². The predicted octanol–water partition coefficient (Wildman–Crippen LogP) is 3.79. The van der Waals surface area contributed by atoms with E-state index in [-0.39, 0.29) is 12.3 Å². The maximum absolute atomic E-state index is 11.1. The lowest BCUT2D eigenvalue weighted by Gasteiger charge is -2.23. The molecule has 1 aromatic rings. The zero-order valence-electron chi connectivity index (χ0n) is 11.8. The van der Waals surface area contributed by atoms with Crippen molar-refractivity contribution >= 4 is 5.97 Å². The van der Waals surface area contributed by atoms with E-state index in [2.05, 4.69) is 19.9 Å². The van der Waals surface area contributed by atoms with Gasteiger partial charge in [-0.25, -0.2) is 0 Å². The van der Waals surface area contributed by atoms with Crippen molar-refractivity contribution in [1.29, 1.82) is 0 Å². The summed E-state index contributed by atoms with van der Waals surface area (Å²) in [6.45, 7) is 4.26. The Hall–Kier alpha value is -1.51. The first-order chi connectivity index (χ1) is 9.04. The molecule has 0 amide bonds. The molecule has 2 rings (SSSR count). The largest absolute Gasteiger partial charge is 0.496 e. The Kier molecular flexibility index (Phi) is 4.13. The number of carboxylic acid groups (broad SMARTS) is 1. The number of methoxy groups -OCH3 is 1. The number of carboxylic acids is 1. The molecule has 0 radical (unpaired) electrons. The Labute approximate surface area is 114 Å². The highest BCUT2D eigenvalue weighted by Gasteiger charge is 2.35. The molecule has 1 N–H and O–H groups in total. The summed E-state index contributed by atoms with van der Waals surface area (Å²) in [5.41, 5.74) is 2.34. The lowest BCUT2D eigenvalue weighted by molar-refractivity contribution is -0.137. The van der Waals surface area contributed by atoms with Crippen molar-refractivity contribution in [2.24, 2.45) is 5.92 Å². The minimum absolute atomic E-state index is 0.130. The normalized spacial score (nSPS) is 16.4. The number of rotatable bonds is 6. The molecule has 1 unspecified atom stereocenters. The van der Waals surface area contributed by atoms with Crippen molar-refractivity contribution in [2.75, 3.05) is 7.11 Å². The second-order valence-corrected chi connectivity index (χ2v) is 5.66. The molecule has 1 aliphatic rings. The highest BCUT2D eigenvalue weighted by molar-refractivity contribution is 5.68. The minimum Gasteiger partial charge on any atom is -0.496 e. The molecule has 1 atom stereocenters. The summed E-state index contributed by atoms with van der Waals surface area (Å²) < 4.78 is 5.46. The van der Waals surface area contributed by atoms with Crippen LogP contribution in [0.2, 0.25) is 0 Å². The summed E-state index contributed by atoms with van der Waals surface area (Å²) in [6.07, 6.45) is 2.51. The van der Waals surface area contributed by atoms with Gasteiger partial charge in [-0.2, -0.15) is 0 Å². The summed E-state index contributed by atoms with van der Waals surface area (Å²) in [4.78, 5) is 11.1. The second-order valence-electron chi connectivity index (χ2n) is 5.66. The van der Waals surface area contributed by atoms with E-state index in [0.29, 0.717) is 11.8 Å². The van der Waals surface area contributed by atoms with Crippen LogP contribution in [0.1, 0.15) is 56.1 Å². The molecule has 19 heavy (non-hydrogen) atoms. The van der Waals surface area contributed by atoms with Crippen LogP contribution in [0.5, 0.6) is 5.75 Å². The van der Waals surface area contributed by atoms with Crippen LogP contribution >= 0.6 is 0 Å². The van der Waals surface area contributed by atoms with Gasteiger partial charge in [0.05, 0.1) is 13.5 Å². The van der Waals surface area contributed by atoms with E-state index in [0.717, 1.165) is 18.6 Å². The van der Waals surface area contributed by atoms with Gasteiger partial charge in [-0.15, -0.1) is 0 Å². The van der Waals surface area contributed by atoms with E-state index in [9.17, 15) is 4.79 Å². The van der Waals surface area contributed by atoms with E-state index in [4.69, 9.17) is 9.84 Å². The summed E-state index contributed by atoms with van der Waals surface area (Å²) in [5, 5.41) is 9.15. The maximum Gasteiger partial charge on any atom is 0.303 e. The summed E-state index contributed by atoms with van der Waals surface area (Å²) in [7, 11) is 1.67. The van der Waals surface area contributed by atoms with Gasteiger partial charge in [0.2, 0.25) is 0 Å². The molecular weight excluding hydrogens is 240 g/mol. The van der Waals surface area contributed by atoms with Crippen molar-refractivity contribution in [3.63, 3.8) is 0 Å².